The van der Waals surface area contributed by atoms with Crippen LogP contribution in [0.3, 0.4) is 0 Å². The minimum Gasteiger partial charge on any atom is -0.328 e. The summed E-state index contributed by atoms with van der Waals surface area (Å²) in [6, 6.07) is 20.5. The summed E-state index contributed by atoms with van der Waals surface area (Å²) in [5.74, 6) is 0. The van der Waals surface area contributed by atoms with Gasteiger partial charge < -0.3 is 5.73 Å². The third-order valence-electron chi connectivity index (χ3n) is 4.76. The van der Waals surface area contributed by atoms with E-state index in [4.69, 9.17) is 5.73 Å². The smallest absolute Gasteiger partial charge is 0.0240 e. The molecule has 2 nitrogen and oxygen atoms in total. The standard InChI is InChI=1S/C20H25BrN2/c21-18-8-4-7-17(13-18)15-23(14-16-5-2-1-3-6-16)20-11-9-19(22)10-12-20/h1-8,13,19-20H,9-12,14-15,22H2. The van der Waals surface area contributed by atoms with E-state index in [0.717, 1.165) is 30.4 Å². The Morgan fingerprint density at radius 3 is 2.22 bits per heavy atom. The summed E-state index contributed by atoms with van der Waals surface area (Å²) >= 11 is 3.59. The fraction of sp³-hybridized carbons (Fsp3) is 0.400. The zero-order valence-electron chi connectivity index (χ0n) is 13.5. The molecular formula is C20H25BrN2. The number of halogens is 1. The van der Waals surface area contributed by atoms with Crippen LogP contribution in [0.5, 0.6) is 0 Å². The monoisotopic (exact) mass is 372 g/mol. The summed E-state index contributed by atoms with van der Waals surface area (Å²) in [6.45, 7) is 2.00. The normalized spacial score (nSPS) is 21.5. The first kappa shape index (κ1) is 16.7. The molecule has 0 amide bonds. The third-order valence-corrected chi connectivity index (χ3v) is 5.25. The zero-order valence-corrected chi connectivity index (χ0v) is 15.1. The first-order chi connectivity index (χ1) is 11.2. The van der Waals surface area contributed by atoms with E-state index >= 15 is 0 Å². The van der Waals surface area contributed by atoms with Gasteiger partial charge in [-0.1, -0.05) is 58.4 Å². The topological polar surface area (TPSA) is 29.3 Å². The van der Waals surface area contributed by atoms with Crippen LogP contribution in [0, 0.1) is 0 Å². The van der Waals surface area contributed by atoms with Gasteiger partial charge >= 0.3 is 0 Å². The van der Waals surface area contributed by atoms with Crippen LogP contribution in [-0.2, 0) is 13.1 Å². The van der Waals surface area contributed by atoms with Gasteiger partial charge in [-0.3, -0.25) is 4.90 Å². The van der Waals surface area contributed by atoms with E-state index in [1.807, 2.05) is 0 Å². The van der Waals surface area contributed by atoms with Crippen molar-refractivity contribution in [2.45, 2.75) is 50.9 Å². The van der Waals surface area contributed by atoms with Crippen LogP contribution >= 0.6 is 15.9 Å². The predicted molar refractivity (Wildman–Crippen MR) is 100 cm³/mol. The van der Waals surface area contributed by atoms with Gasteiger partial charge in [-0.25, -0.2) is 0 Å². The maximum Gasteiger partial charge on any atom is 0.0240 e. The molecule has 3 rings (SSSR count). The molecule has 1 saturated carbocycles. The molecule has 23 heavy (non-hydrogen) atoms. The van der Waals surface area contributed by atoms with E-state index in [1.54, 1.807) is 0 Å². The van der Waals surface area contributed by atoms with E-state index in [2.05, 4.69) is 75.4 Å². The quantitative estimate of drug-likeness (QED) is 0.822. The average molecular weight is 373 g/mol. The van der Waals surface area contributed by atoms with Crippen molar-refractivity contribution < 1.29 is 0 Å². The van der Waals surface area contributed by atoms with Crippen LogP contribution in [0.1, 0.15) is 36.8 Å². The molecule has 0 atom stereocenters. The van der Waals surface area contributed by atoms with Crippen LogP contribution in [0.2, 0.25) is 0 Å². The van der Waals surface area contributed by atoms with E-state index in [9.17, 15) is 0 Å². The van der Waals surface area contributed by atoms with Gasteiger partial charge in [0, 0.05) is 29.6 Å². The summed E-state index contributed by atoms with van der Waals surface area (Å²) in [4.78, 5) is 2.63. The fourth-order valence-corrected chi connectivity index (χ4v) is 3.92. The molecule has 0 unspecified atom stereocenters. The van der Waals surface area contributed by atoms with Gasteiger partial charge in [0.15, 0.2) is 0 Å². The molecule has 0 aliphatic heterocycles. The summed E-state index contributed by atoms with van der Waals surface area (Å²) in [6.07, 6.45) is 4.72. The highest BCUT2D eigenvalue weighted by molar-refractivity contribution is 9.10. The molecule has 0 radical (unpaired) electrons. The van der Waals surface area contributed by atoms with Crippen LogP contribution in [0.25, 0.3) is 0 Å². The molecule has 0 aromatic heterocycles. The number of benzene rings is 2. The van der Waals surface area contributed by atoms with E-state index < -0.39 is 0 Å². The lowest BCUT2D eigenvalue weighted by Crippen LogP contribution is -2.40. The van der Waals surface area contributed by atoms with Crippen LogP contribution < -0.4 is 5.73 Å². The summed E-state index contributed by atoms with van der Waals surface area (Å²) in [5, 5.41) is 0. The van der Waals surface area contributed by atoms with E-state index in [0.29, 0.717) is 12.1 Å². The van der Waals surface area contributed by atoms with Gasteiger partial charge in [-0.05, 0) is 48.9 Å². The largest absolute Gasteiger partial charge is 0.328 e. The maximum absolute atomic E-state index is 6.10. The zero-order chi connectivity index (χ0) is 16.1. The van der Waals surface area contributed by atoms with Crippen molar-refractivity contribution in [3.8, 4) is 0 Å². The molecule has 0 spiro atoms. The third kappa shape index (κ3) is 4.90. The molecule has 0 saturated heterocycles. The SMILES string of the molecule is NC1CCC(N(Cc2ccccc2)Cc2cccc(Br)c2)CC1. The Bertz CT molecular complexity index is 606. The van der Waals surface area contributed by atoms with Gasteiger partial charge in [0.2, 0.25) is 0 Å². The maximum atomic E-state index is 6.10. The van der Waals surface area contributed by atoms with Crippen molar-refractivity contribution in [2.24, 2.45) is 5.73 Å². The van der Waals surface area contributed by atoms with Crippen molar-refractivity contribution in [3.05, 3.63) is 70.2 Å². The Balaban J connectivity index is 1.75. The Labute approximate surface area is 147 Å². The Kier molecular flexibility index (Phi) is 5.87. The molecule has 0 bridgehead atoms. The molecule has 0 heterocycles. The first-order valence-electron chi connectivity index (χ1n) is 8.49. The average Bonchev–Trinajstić information content (AvgIpc) is 2.56. The van der Waals surface area contributed by atoms with Crippen molar-refractivity contribution in [1.82, 2.24) is 4.90 Å². The second kappa shape index (κ2) is 8.09. The number of hydrogen-bond acceptors (Lipinski definition) is 2. The molecule has 2 aromatic rings. The van der Waals surface area contributed by atoms with Gasteiger partial charge in [-0.15, -0.1) is 0 Å². The molecule has 1 aliphatic carbocycles. The van der Waals surface area contributed by atoms with Crippen molar-refractivity contribution in [3.63, 3.8) is 0 Å². The van der Waals surface area contributed by atoms with Crippen LogP contribution in [0.15, 0.2) is 59.1 Å². The minimum absolute atomic E-state index is 0.399. The molecule has 3 heteroatoms. The summed E-state index contributed by atoms with van der Waals surface area (Å²) in [7, 11) is 0. The first-order valence-corrected chi connectivity index (χ1v) is 9.28. The second-order valence-electron chi connectivity index (χ2n) is 6.59. The minimum atomic E-state index is 0.399. The van der Waals surface area contributed by atoms with Gasteiger partial charge in [0.05, 0.1) is 0 Å². The summed E-state index contributed by atoms with van der Waals surface area (Å²) in [5.41, 5.74) is 8.85. The van der Waals surface area contributed by atoms with Crippen LogP contribution in [-0.4, -0.2) is 17.0 Å². The lowest BCUT2D eigenvalue weighted by Gasteiger charge is -2.36. The van der Waals surface area contributed by atoms with Gasteiger partial charge in [0.25, 0.3) is 0 Å². The Hall–Kier alpha value is -1.16. The molecule has 1 fully saturated rings. The number of hydrogen-bond donors (Lipinski definition) is 1. The molecule has 1 aliphatic rings. The number of nitrogens with zero attached hydrogens (tertiary/aromatic N) is 1. The Morgan fingerprint density at radius 2 is 1.52 bits per heavy atom. The number of rotatable bonds is 5. The lowest BCUT2D eigenvalue weighted by molar-refractivity contribution is 0.134. The molecule has 2 N–H and O–H groups in total. The fourth-order valence-electron chi connectivity index (χ4n) is 3.47. The van der Waals surface area contributed by atoms with Gasteiger partial charge in [-0.2, -0.15) is 0 Å². The molecule has 122 valence electrons. The van der Waals surface area contributed by atoms with E-state index in [-0.39, 0.29) is 0 Å². The number of nitrogens with two attached hydrogens (primary N) is 1. The highest BCUT2D eigenvalue weighted by atomic mass is 79.9. The Morgan fingerprint density at radius 1 is 0.870 bits per heavy atom. The highest BCUT2D eigenvalue weighted by Gasteiger charge is 2.24. The van der Waals surface area contributed by atoms with Gasteiger partial charge in [0.1, 0.15) is 0 Å². The summed E-state index contributed by atoms with van der Waals surface area (Å²) < 4.78 is 1.15. The lowest BCUT2D eigenvalue weighted by atomic mass is 9.90. The molecular weight excluding hydrogens is 348 g/mol. The highest BCUT2D eigenvalue weighted by Crippen LogP contribution is 2.26. The van der Waals surface area contributed by atoms with E-state index in [1.165, 1.54) is 24.0 Å². The predicted octanol–water partition coefficient (Wildman–Crippen LogP) is 4.72. The van der Waals surface area contributed by atoms with Crippen molar-refractivity contribution in [1.29, 1.82) is 0 Å². The second-order valence-corrected chi connectivity index (χ2v) is 7.50. The van der Waals surface area contributed by atoms with Crippen molar-refractivity contribution in [2.75, 3.05) is 0 Å². The van der Waals surface area contributed by atoms with Crippen LogP contribution in [0.4, 0.5) is 0 Å². The van der Waals surface area contributed by atoms with Crippen molar-refractivity contribution >= 4 is 15.9 Å². The molecule has 2 aromatic carbocycles.